The minimum absolute atomic E-state index is 0.0110. The van der Waals surface area contributed by atoms with Gasteiger partial charge in [0.05, 0.1) is 10.6 Å². The number of carbonyl (C=O) groups is 3. The van der Waals surface area contributed by atoms with E-state index in [2.05, 4.69) is 0 Å². The van der Waals surface area contributed by atoms with Gasteiger partial charge >= 0.3 is 0 Å². The average molecular weight is 363 g/mol. The van der Waals surface area contributed by atoms with Gasteiger partial charge in [-0.3, -0.25) is 14.4 Å². The molecule has 5 heteroatoms. The smallest absolute Gasteiger partial charge is 0.186 e. The monoisotopic (exact) mass is 362 g/mol. The van der Waals surface area contributed by atoms with Crippen molar-refractivity contribution in [1.29, 1.82) is 0 Å². The van der Waals surface area contributed by atoms with Crippen molar-refractivity contribution in [2.45, 2.75) is 45.4 Å². The first-order valence-electron chi connectivity index (χ1n) is 8.23. The van der Waals surface area contributed by atoms with Gasteiger partial charge in [0.1, 0.15) is 5.78 Å². The van der Waals surface area contributed by atoms with Crippen LogP contribution in [0.4, 0.5) is 0 Å². The van der Waals surface area contributed by atoms with Crippen LogP contribution in [0, 0.1) is 0 Å². The van der Waals surface area contributed by atoms with Gasteiger partial charge in [0.15, 0.2) is 10.9 Å². The minimum atomic E-state index is -0.0110. The number of benzene rings is 1. The lowest BCUT2D eigenvalue weighted by Crippen LogP contribution is -2.03. The lowest BCUT2D eigenvalue weighted by Gasteiger charge is -2.01. The summed E-state index contributed by atoms with van der Waals surface area (Å²) >= 11 is 2.64. The SMILES string of the molecule is CC(=O)SCC(=O)CCCCCCC(=O)c1cc2ccccc2s1. The molecule has 128 valence electrons. The van der Waals surface area contributed by atoms with E-state index in [0.717, 1.165) is 52.4 Å². The molecule has 0 N–H and O–H groups in total. The highest BCUT2D eigenvalue weighted by Crippen LogP contribution is 2.26. The molecule has 2 aromatic rings. The quantitative estimate of drug-likeness (QED) is 0.426. The molecule has 1 heterocycles. The van der Waals surface area contributed by atoms with Gasteiger partial charge in [-0.25, -0.2) is 0 Å². The van der Waals surface area contributed by atoms with Gasteiger partial charge in [-0.1, -0.05) is 42.8 Å². The van der Waals surface area contributed by atoms with Crippen LogP contribution in [0.25, 0.3) is 10.1 Å². The first-order valence-corrected chi connectivity index (χ1v) is 10.0. The lowest BCUT2D eigenvalue weighted by molar-refractivity contribution is -0.117. The van der Waals surface area contributed by atoms with Crippen LogP contribution < -0.4 is 0 Å². The van der Waals surface area contributed by atoms with Gasteiger partial charge in [0.25, 0.3) is 0 Å². The Bertz CT molecular complexity index is 685. The van der Waals surface area contributed by atoms with Crippen molar-refractivity contribution < 1.29 is 14.4 Å². The first kappa shape index (κ1) is 18.9. The Morgan fingerprint density at radius 3 is 2.42 bits per heavy atom. The van der Waals surface area contributed by atoms with Crippen LogP contribution in [-0.4, -0.2) is 22.4 Å². The molecule has 0 saturated carbocycles. The van der Waals surface area contributed by atoms with E-state index in [-0.39, 0.29) is 16.7 Å². The molecule has 0 atom stereocenters. The van der Waals surface area contributed by atoms with E-state index in [4.69, 9.17) is 0 Å². The molecular weight excluding hydrogens is 340 g/mol. The van der Waals surface area contributed by atoms with E-state index < -0.39 is 0 Å². The zero-order valence-electron chi connectivity index (χ0n) is 13.9. The van der Waals surface area contributed by atoms with E-state index >= 15 is 0 Å². The Hall–Kier alpha value is -1.46. The molecule has 0 fully saturated rings. The molecule has 1 aromatic heterocycles. The lowest BCUT2D eigenvalue weighted by atomic mass is 10.1. The van der Waals surface area contributed by atoms with Crippen molar-refractivity contribution in [2.24, 2.45) is 0 Å². The third-order valence-electron chi connectivity index (χ3n) is 3.75. The van der Waals surface area contributed by atoms with Crippen LogP contribution in [0.1, 0.15) is 55.1 Å². The van der Waals surface area contributed by atoms with Gasteiger partial charge in [-0.05, 0) is 30.4 Å². The second-order valence-corrected chi connectivity index (χ2v) is 8.04. The molecule has 0 aliphatic rings. The molecule has 0 amide bonds. The maximum atomic E-state index is 12.2. The largest absolute Gasteiger partial charge is 0.299 e. The summed E-state index contributed by atoms with van der Waals surface area (Å²) in [5, 5.41) is 1.12. The molecule has 3 nitrogen and oxygen atoms in total. The standard InChI is InChI=1S/C19H22O3S2/c1-14(20)23-13-16(21)9-4-2-3-5-10-17(22)19-12-15-8-6-7-11-18(15)24-19/h6-8,11-12H,2-5,9-10,13H2,1H3. The van der Waals surface area contributed by atoms with Crippen molar-refractivity contribution in [1.82, 2.24) is 0 Å². The van der Waals surface area contributed by atoms with Crippen LogP contribution in [0.2, 0.25) is 0 Å². The molecule has 0 spiro atoms. The number of unbranched alkanes of at least 4 members (excludes halogenated alkanes) is 3. The van der Waals surface area contributed by atoms with Crippen LogP contribution in [0.15, 0.2) is 30.3 Å². The topological polar surface area (TPSA) is 51.2 Å². The molecule has 0 aliphatic heterocycles. The zero-order chi connectivity index (χ0) is 17.4. The van der Waals surface area contributed by atoms with Gasteiger partial charge in [0.2, 0.25) is 0 Å². The average Bonchev–Trinajstić information content (AvgIpc) is 3.00. The molecule has 24 heavy (non-hydrogen) atoms. The summed E-state index contributed by atoms with van der Waals surface area (Å²) < 4.78 is 1.16. The van der Waals surface area contributed by atoms with Crippen LogP contribution in [-0.2, 0) is 9.59 Å². The summed E-state index contributed by atoms with van der Waals surface area (Å²) in [5.41, 5.74) is 0. The summed E-state index contributed by atoms with van der Waals surface area (Å²) in [4.78, 5) is 35.4. The number of hydrogen-bond acceptors (Lipinski definition) is 5. The number of carbonyl (C=O) groups excluding carboxylic acids is 3. The maximum Gasteiger partial charge on any atom is 0.186 e. The van der Waals surface area contributed by atoms with Crippen molar-refractivity contribution in [3.05, 3.63) is 35.2 Å². The fourth-order valence-electron chi connectivity index (χ4n) is 2.46. The van der Waals surface area contributed by atoms with Crippen molar-refractivity contribution >= 4 is 49.9 Å². The van der Waals surface area contributed by atoms with Gasteiger partial charge in [-0.15, -0.1) is 11.3 Å². The number of hydrogen-bond donors (Lipinski definition) is 0. The molecule has 0 radical (unpaired) electrons. The molecule has 0 saturated heterocycles. The number of thioether (sulfide) groups is 1. The summed E-state index contributed by atoms with van der Waals surface area (Å²) in [5.74, 6) is 0.640. The second-order valence-electron chi connectivity index (χ2n) is 5.80. The van der Waals surface area contributed by atoms with E-state index in [0.29, 0.717) is 18.6 Å². The number of ketones is 2. The first-order chi connectivity index (χ1) is 11.6. The zero-order valence-corrected chi connectivity index (χ0v) is 15.5. The summed E-state index contributed by atoms with van der Waals surface area (Å²) in [7, 11) is 0. The van der Waals surface area contributed by atoms with Crippen molar-refractivity contribution in [3.8, 4) is 0 Å². The van der Waals surface area contributed by atoms with Gasteiger partial charge < -0.3 is 0 Å². The van der Waals surface area contributed by atoms with Crippen LogP contribution in [0.3, 0.4) is 0 Å². The normalized spacial score (nSPS) is 10.9. The van der Waals surface area contributed by atoms with Crippen molar-refractivity contribution in [2.75, 3.05) is 5.75 Å². The Morgan fingerprint density at radius 1 is 1.00 bits per heavy atom. The number of rotatable bonds is 10. The van der Waals surface area contributed by atoms with Crippen LogP contribution in [0.5, 0.6) is 0 Å². The fraction of sp³-hybridized carbons (Fsp3) is 0.421. The number of Topliss-reactive ketones (excluding diaryl/α,β-unsaturated/α-hetero) is 2. The highest BCUT2D eigenvalue weighted by Gasteiger charge is 2.10. The Labute approximate surface area is 150 Å². The summed E-state index contributed by atoms with van der Waals surface area (Å²) in [6.07, 6.45) is 4.73. The Morgan fingerprint density at radius 2 is 1.71 bits per heavy atom. The maximum absolute atomic E-state index is 12.2. The van der Waals surface area contributed by atoms with Crippen molar-refractivity contribution in [3.63, 3.8) is 0 Å². The fourth-order valence-corrected chi connectivity index (χ4v) is 4.00. The summed E-state index contributed by atoms with van der Waals surface area (Å²) in [6, 6.07) is 10.0. The number of fused-ring (bicyclic) bond motifs is 1. The predicted octanol–water partition coefficient (Wildman–Crippen LogP) is 5.27. The minimum Gasteiger partial charge on any atom is -0.299 e. The molecule has 0 unspecified atom stereocenters. The highest BCUT2D eigenvalue weighted by molar-refractivity contribution is 8.14. The second kappa shape index (κ2) is 9.74. The van der Waals surface area contributed by atoms with Crippen LogP contribution >= 0.6 is 23.1 Å². The van der Waals surface area contributed by atoms with E-state index in [9.17, 15) is 14.4 Å². The highest BCUT2D eigenvalue weighted by atomic mass is 32.2. The van der Waals surface area contributed by atoms with Gasteiger partial charge in [-0.2, -0.15) is 0 Å². The third-order valence-corrected chi connectivity index (χ3v) is 5.78. The Balaban J connectivity index is 1.61. The molecule has 2 rings (SSSR count). The molecule has 1 aromatic carbocycles. The van der Waals surface area contributed by atoms with E-state index in [1.54, 1.807) is 11.3 Å². The van der Waals surface area contributed by atoms with E-state index in [1.807, 2.05) is 30.3 Å². The molecular formula is C19H22O3S2. The molecule has 0 bridgehead atoms. The number of thiophene rings is 1. The predicted molar refractivity (Wildman–Crippen MR) is 102 cm³/mol. The summed E-state index contributed by atoms with van der Waals surface area (Å²) in [6.45, 7) is 1.48. The Kier molecular flexibility index (Phi) is 7.66. The third kappa shape index (κ3) is 6.21. The van der Waals surface area contributed by atoms with Gasteiger partial charge in [0, 0.05) is 24.5 Å². The molecule has 0 aliphatic carbocycles. The van der Waals surface area contributed by atoms with E-state index in [1.165, 1.54) is 6.92 Å².